The van der Waals surface area contributed by atoms with Gasteiger partial charge in [0.05, 0.1) is 17.1 Å². The fraction of sp³-hybridized carbons (Fsp3) is 0.0400. The molecular formula is C25H20N4O2. The van der Waals surface area contributed by atoms with Gasteiger partial charge in [-0.3, -0.25) is 4.79 Å². The number of phenolic OH excluding ortho intramolecular Hbond substituents is 1. The summed E-state index contributed by atoms with van der Waals surface area (Å²) in [6.45, 7) is 1.70. The number of nitrogens with zero attached hydrogens (tertiary/aromatic N) is 3. The molecule has 6 heteroatoms. The summed E-state index contributed by atoms with van der Waals surface area (Å²) in [5, 5.41) is 14.1. The number of benzene rings is 3. The predicted molar refractivity (Wildman–Crippen MR) is 121 cm³/mol. The van der Waals surface area contributed by atoms with Crippen molar-refractivity contribution in [2.45, 2.75) is 6.92 Å². The van der Waals surface area contributed by atoms with E-state index < -0.39 is 5.91 Å². The smallest absolute Gasteiger partial charge is 0.309 e. The van der Waals surface area contributed by atoms with Crippen LogP contribution in [0.15, 0.2) is 96.1 Å². The summed E-state index contributed by atoms with van der Waals surface area (Å²) in [7, 11) is 0. The van der Waals surface area contributed by atoms with Crippen molar-refractivity contribution in [3.05, 3.63) is 102 Å². The van der Waals surface area contributed by atoms with Gasteiger partial charge in [-0.2, -0.15) is 5.10 Å². The van der Waals surface area contributed by atoms with E-state index in [1.807, 2.05) is 66.7 Å². The van der Waals surface area contributed by atoms with Crippen LogP contribution in [0.25, 0.3) is 22.5 Å². The van der Waals surface area contributed by atoms with Crippen molar-refractivity contribution in [1.82, 2.24) is 15.4 Å². The molecular weight excluding hydrogens is 388 g/mol. The number of rotatable bonds is 5. The molecule has 0 saturated carbocycles. The minimum absolute atomic E-state index is 0.00837. The highest BCUT2D eigenvalue weighted by molar-refractivity contribution is 6.02. The lowest BCUT2D eigenvalue weighted by molar-refractivity contribution is 0.0944. The molecule has 0 bridgehead atoms. The molecule has 0 spiro atoms. The number of hydrazone groups is 1. The summed E-state index contributed by atoms with van der Waals surface area (Å²) in [4.78, 5) is 21.7. The van der Waals surface area contributed by atoms with Crippen LogP contribution in [0.2, 0.25) is 0 Å². The molecule has 0 saturated heterocycles. The van der Waals surface area contributed by atoms with Crippen molar-refractivity contribution in [3.8, 4) is 28.3 Å². The standard InChI is InChI=1S/C25H20N4O2/c1-17(20-14-8-9-15-23(20)30)28-29-25(31)24-26-21(18-10-4-2-5-11-18)16-22(27-24)19-12-6-3-7-13-19/h2-16,30H,1H3,(H,29,31). The molecule has 2 N–H and O–H groups in total. The molecule has 0 atom stereocenters. The Morgan fingerprint density at radius 3 is 1.87 bits per heavy atom. The van der Waals surface area contributed by atoms with E-state index in [1.165, 1.54) is 0 Å². The Labute approximate surface area is 180 Å². The van der Waals surface area contributed by atoms with Crippen molar-refractivity contribution in [3.63, 3.8) is 0 Å². The van der Waals surface area contributed by atoms with Crippen LogP contribution in [0.1, 0.15) is 23.1 Å². The van der Waals surface area contributed by atoms with Gasteiger partial charge in [0.1, 0.15) is 5.75 Å². The Hall–Kier alpha value is -4.32. The quantitative estimate of drug-likeness (QED) is 0.371. The summed E-state index contributed by atoms with van der Waals surface area (Å²) < 4.78 is 0. The van der Waals surface area contributed by atoms with Crippen LogP contribution >= 0.6 is 0 Å². The lowest BCUT2D eigenvalue weighted by Crippen LogP contribution is -2.22. The number of aromatic nitrogens is 2. The second-order valence-corrected chi connectivity index (χ2v) is 6.85. The number of nitrogens with one attached hydrogen (secondary N) is 1. The fourth-order valence-corrected chi connectivity index (χ4v) is 3.09. The minimum atomic E-state index is -0.537. The maximum Gasteiger partial charge on any atom is 0.309 e. The molecule has 31 heavy (non-hydrogen) atoms. The van der Waals surface area contributed by atoms with Crippen molar-refractivity contribution < 1.29 is 9.90 Å². The third kappa shape index (κ3) is 4.64. The van der Waals surface area contributed by atoms with E-state index in [1.54, 1.807) is 31.2 Å². The van der Waals surface area contributed by atoms with Gasteiger partial charge in [-0.1, -0.05) is 72.8 Å². The third-order valence-electron chi connectivity index (χ3n) is 4.69. The number of amides is 1. The van der Waals surface area contributed by atoms with Gasteiger partial charge >= 0.3 is 5.91 Å². The number of carbonyl (C=O) groups excluding carboxylic acids is 1. The van der Waals surface area contributed by atoms with Crippen LogP contribution in [0, 0.1) is 0 Å². The largest absolute Gasteiger partial charge is 0.507 e. The highest BCUT2D eigenvalue weighted by atomic mass is 16.3. The van der Waals surface area contributed by atoms with Crippen LogP contribution in [0.3, 0.4) is 0 Å². The number of phenols is 1. The number of carbonyl (C=O) groups is 1. The van der Waals surface area contributed by atoms with Crippen LogP contribution in [-0.2, 0) is 0 Å². The molecule has 152 valence electrons. The number of hydrogen-bond acceptors (Lipinski definition) is 5. The lowest BCUT2D eigenvalue weighted by Gasteiger charge is -2.09. The summed E-state index contributed by atoms with van der Waals surface area (Å²) in [6.07, 6.45) is 0. The Morgan fingerprint density at radius 1 is 0.806 bits per heavy atom. The monoisotopic (exact) mass is 408 g/mol. The normalized spacial score (nSPS) is 11.2. The van der Waals surface area contributed by atoms with Gasteiger partial charge in [-0.25, -0.2) is 15.4 Å². The summed E-state index contributed by atoms with van der Waals surface area (Å²) in [6, 6.07) is 27.9. The molecule has 3 aromatic carbocycles. The van der Waals surface area contributed by atoms with Gasteiger partial charge in [0.15, 0.2) is 0 Å². The number of para-hydroxylation sites is 1. The molecule has 0 aliphatic rings. The zero-order valence-electron chi connectivity index (χ0n) is 16.9. The number of hydrogen-bond donors (Lipinski definition) is 2. The van der Waals surface area contributed by atoms with Crippen molar-refractivity contribution >= 4 is 11.6 Å². The lowest BCUT2D eigenvalue weighted by atomic mass is 10.1. The second-order valence-electron chi connectivity index (χ2n) is 6.85. The van der Waals surface area contributed by atoms with Crippen LogP contribution in [0.4, 0.5) is 0 Å². The van der Waals surface area contributed by atoms with E-state index in [2.05, 4.69) is 20.5 Å². The first-order valence-corrected chi connectivity index (χ1v) is 9.75. The third-order valence-corrected chi connectivity index (χ3v) is 4.69. The zero-order valence-corrected chi connectivity index (χ0v) is 16.9. The maximum atomic E-state index is 12.8. The Kier molecular flexibility index (Phi) is 5.80. The molecule has 0 aliphatic heterocycles. The average molecular weight is 408 g/mol. The molecule has 6 nitrogen and oxygen atoms in total. The fourth-order valence-electron chi connectivity index (χ4n) is 3.09. The molecule has 1 heterocycles. The topological polar surface area (TPSA) is 87.5 Å². The molecule has 1 amide bonds. The van der Waals surface area contributed by atoms with Crippen molar-refractivity contribution in [2.24, 2.45) is 5.10 Å². The molecule has 0 unspecified atom stereocenters. The van der Waals surface area contributed by atoms with Gasteiger partial charge < -0.3 is 5.11 Å². The maximum absolute atomic E-state index is 12.8. The van der Waals surface area contributed by atoms with E-state index in [-0.39, 0.29) is 11.6 Å². The first-order valence-electron chi connectivity index (χ1n) is 9.75. The second kappa shape index (κ2) is 9.00. The number of aromatic hydroxyl groups is 1. The highest BCUT2D eigenvalue weighted by Crippen LogP contribution is 2.23. The summed E-state index contributed by atoms with van der Waals surface area (Å²) in [5.74, 6) is -0.439. The molecule has 4 aromatic rings. The van der Waals surface area contributed by atoms with E-state index in [0.717, 1.165) is 11.1 Å². The predicted octanol–water partition coefficient (Wildman–Crippen LogP) is 4.67. The van der Waals surface area contributed by atoms with Crippen molar-refractivity contribution in [1.29, 1.82) is 0 Å². The van der Waals surface area contributed by atoms with E-state index in [0.29, 0.717) is 22.7 Å². The van der Waals surface area contributed by atoms with Gasteiger partial charge in [0.25, 0.3) is 0 Å². The summed E-state index contributed by atoms with van der Waals surface area (Å²) >= 11 is 0. The summed E-state index contributed by atoms with van der Waals surface area (Å²) in [5.41, 5.74) is 6.53. The first-order chi connectivity index (χ1) is 15.1. The average Bonchev–Trinajstić information content (AvgIpc) is 2.83. The van der Waals surface area contributed by atoms with Gasteiger partial charge in [0.2, 0.25) is 5.82 Å². The Balaban J connectivity index is 1.69. The van der Waals surface area contributed by atoms with Gasteiger partial charge in [-0.15, -0.1) is 0 Å². The van der Waals surface area contributed by atoms with Crippen molar-refractivity contribution in [2.75, 3.05) is 0 Å². The van der Waals surface area contributed by atoms with Crippen LogP contribution in [0.5, 0.6) is 5.75 Å². The SMILES string of the molecule is CC(=NNC(=O)c1nc(-c2ccccc2)cc(-c2ccccc2)n1)c1ccccc1O. The van der Waals surface area contributed by atoms with E-state index in [9.17, 15) is 9.90 Å². The highest BCUT2D eigenvalue weighted by Gasteiger charge is 2.15. The van der Waals surface area contributed by atoms with Gasteiger partial charge in [-0.05, 0) is 25.1 Å². The van der Waals surface area contributed by atoms with E-state index >= 15 is 0 Å². The van der Waals surface area contributed by atoms with Gasteiger partial charge in [0, 0.05) is 16.7 Å². The van der Waals surface area contributed by atoms with Crippen LogP contribution in [-0.4, -0.2) is 26.7 Å². The van der Waals surface area contributed by atoms with Crippen LogP contribution < -0.4 is 5.43 Å². The molecule has 0 fully saturated rings. The Bertz CT molecular complexity index is 1180. The zero-order chi connectivity index (χ0) is 21.6. The first kappa shape index (κ1) is 20.0. The molecule has 1 aromatic heterocycles. The molecule has 4 rings (SSSR count). The minimum Gasteiger partial charge on any atom is -0.507 e. The molecule has 0 radical (unpaired) electrons. The molecule has 0 aliphatic carbocycles. The Morgan fingerprint density at radius 2 is 1.32 bits per heavy atom. The van der Waals surface area contributed by atoms with E-state index in [4.69, 9.17) is 0 Å².